The first-order valence-electron chi connectivity index (χ1n) is 5.30. The van der Waals surface area contributed by atoms with Gasteiger partial charge in [-0.1, -0.05) is 6.92 Å². The molecule has 0 unspecified atom stereocenters. The number of hydrogen-bond donors (Lipinski definition) is 1. The van der Waals surface area contributed by atoms with E-state index in [0.29, 0.717) is 0 Å². The molecule has 1 aliphatic rings. The Labute approximate surface area is 92.2 Å². The zero-order valence-corrected chi connectivity index (χ0v) is 9.99. The summed E-state index contributed by atoms with van der Waals surface area (Å²) < 4.78 is 5.18. The smallest absolute Gasteiger partial charge is 0.0861 e. The van der Waals surface area contributed by atoms with E-state index in [1.807, 2.05) is 12.9 Å². The van der Waals surface area contributed by atoms with Crippen LogP contribution in [0.4, 0.5) is 0 Å². The second-order valence-corrected chi connectivity index (χ2v) is 3.41. The zero-order chi connectivity index (χ0) is 11.5. The van der Waals surface area contributed by atoms with Gasteiger partial charge in [-0.2, -0.15) is 0 Å². The molecule has 1 N–H and O–H groups in total. The molecule has 0 spiro atoms. The number of nitrogens with zero attached hydrogens (tertiary/aromatic N) is 3. The lowest BCUT2D eigenvalue weighted by molar-refractivity contribution is -0.0615. The average Bonchev–Trinajstić information content (AvgIpc) is 2.28. The Bertz CT molecular complexity index is 184. The fraction of sp³-hybridized carbons (Fsp3) is 0.900. The second kappa shape index (κ2) is 9.80. The first-order valence-corrected chi connectivity index (χ1v) is 5.30. The molecular weight excluding hydrogens is 192 g/mol. The van der Waals surface area contributed by atoms with Crippen molar-refractivity contribution in [2.75, 3.05) is 46.9 Å². The van der Waals surface area contributed by atoms with E-state index in [1.54, 1.807) is 0 Å². The van der Waals surface area contributed by atoms with Gasteiger partial charge in [0.25, 0.3) is 0 Å². The number of nitrogens with one attached hydrogen (secondary N) is 1. The summed E-state index contributed by atoms with van der Waals surface area (Å²) in [6.45, 7) is 6.57. The van der Waals surface area contributed by atoms with Crippen LogP contribution in [0.3, 0.4) is 0 Å². The largest absolute Gasteiger partial charge is 0.379 e. The van der Waals surface area contributed by atoms with E-state index in [1.165, 1.54) is 0 Å². The monoisotopic (exact) mass is 214 g/mol. The molecule has 1 aliphatic heterocycles. The van der Waals surface area contributed by atoms with Gasteiger partial charge in [0, 0.05) is 33.7 Å². The minimum atomic E-state index is 0.740. The van der Waals surface area contributed by atoms with Crippen molar-refractivity contribution in [3.05, 3.63) is 0 Å². The molecule has 0 amide bonds. The average molecular weight is 214 g/mol. The van der Waals surface area contributed by atoms with Crippen LogP contribution in [0.25, 0.3) is 0 Å². The quantitative estimate of drug-likeness (QED) is 0.711. The predicted molar refractivity (Wildman–Crippen MR) is 61.4 cm³/mol. The maximum Gasteiger partial charge on any atom is 0.0861 e. The summed E-state index contributed by atoms with van der Waals surface area (Å²) in [5.74, 6) is 0. The van der Waals surface area contributed by atoms with Crippen LogP contribution in [-0.2, 0) is 4.74 Å². The Balaban J connectivity index is 0.000000288. The third-order valence-corrected chi connectivity index (χ3v) is 1.97. The van der Waals surface area contributed by atoms with Gasteiger partial charge in [0.2, 0.25) is 0 Å². The zero-order valence-electron chi connectivity index (χ0n) is 9.99. The summed E-state index contributed by atoms with van der Waals surface area (Å²) in [4.78, 5) is 3.51. The van der Waals surface area contributed by atoms with Gasteiger partial charge in [0.1, 0.15) is 0 Å². The highest BCUT2D eigenvalue weighted by molar-refractivity contribution is 5.35. The molecule has 15 heavy (non-hydrogen) atoms. The standard InChI is InChI=1S/C6H14N2O.C4H8N2/c1-7(2)8-3-5-9-6-4-8;1-2-3-6-4-5/h3-6H2,1-2H3;5H,2-3H2,1H3. The van der Waals surface area contributed by atoms with Crippen molar-refractivity contribution < 1.29 is 4.74 Å². The number of rotatable bonds is 3. The predicted octanol–water partition coefficient (Wildman–Crippen LogP) is 0.944. The number of morpholine rings is 1. The molecule has 1 rings (SSSR count). The van der Waals surface area contributed by atoms with E-state index in [9.17, 15) is 0 Å². The Morgan fingerprint density at radius 1 is 1.40 bits per heavy atom. The SMILES string of the molecule is CCCN=C=N.CN(C)N1CCOCC1. The van der Waals surface area contributed by atoms with Crippen LogP contribution in [0.15, 0.2) is 4.99 Å². The molecule has 0 aromatic heterocycles. The van der Waals surface area contributed by atoms with Crippen LogP contribution in [0.1, 0.15) is 13.3 Å². The van der Waals surface area contributed by atoms with Gasteiger partial charge in [0.15, 0.2) is 0 Å². The van der Waals surface area contributed by atoms with E-state index in [-0.39, 0.29) is 0 Å². The summed E-state index contributed by atoms with van der Waals surface area (Å²) in [5, 5.41) is 10.7. The molecule has 0 aliphatic carbocycles. The highest BCUT2D eigenvalue weighted by Crippen LogP contribution is 1.96. The van der Waals surface area contributed by atoms with E-state index >= 15 is 0 Å². The van der Waals surface area contributed by atoms with Gasteiger partial charge in [0.05, 0.1) is 19.2 Å². The molecule has 0 atom stereocenters. The molecule has 0 bridgehead atoms. The van der Waals surface area contributed by atoms with Gasteiger partial charge in [-0.05, 0) is 6.42 Å². The molecule has 1 heterocycles. The van der Waals surface area contributed by atoms with Crippen LogP contribution in [0.5, 0.6) is 0 Å². The normalized spacial score (nSPS) is 16.5. The lowest BCUT2D eigenvalue weighted by atomic mass is 10.5. The van der Waals surface area contributed by atoms with Crippen LogP contribution < -0.4 is 0 Å². The minimum absolute atomic E-state index is 0.740. The minimum Gasteiger partial charge on any atom is -0.379 e. The molecule has 5 heteroatoms. The molecule has 0 radical (unpaired) electrons. The third kappa shape index (κ3) is 8.27. The van der Waals surface area contributed by atoms with E-state index in [4.69, 9.17) is 10.1 Å². The summed E-state index contributed by atoms with van der Waals surface area (Å²) in [6, 6.07) is 1.94. The van der Waals surface area contributed by atoms with Gasteiger partial charge in [-0.15, -0.1) is 0 Å². The van der Waals surface area contributed by atoms with Gasteiger partial charge >= 0.3 is 0 Å². The van der Waals surface area contributed by atoms with Gasteiger partial charge in [-0.25, -0.2) is 20.4 Å². The van der Waals surface area contributed by atoms with Crippen molar-refractivity contribution in [2.24, 2.45) is 4.99 Å². The first kappa shape index (κ1) is 14.3. The Morgan fingerprint density at radius 2 is 2.00 bits per heavy atom. The van der Waals surface area contributed by atoms with Crippen molar-refractivity contribution >= 4 is 6.01 Å². The van der Waals surface area contributed by atoms with E-state index in [0.717, 1.165) is 39.3 Å². The summed E-state index contributed by atoms with van der Waals surface area (Å²) in [6.07, 6.45) is 1.01. The fourth-order valence-corrected chi connectivity index (χ4v) is 1.12. The maximum absolute atomic E-state index is 6.29. The van der Waals surface area contributed by atoms with Crippen LogP contribution >= 0.6 is 0 Å². The lowest BCUT2D eigenvalue weighted by Gasteiger charge is -2.31. The van der Waals surface area contributed by atoms with E-state index in [2.05, 4.69) is 29.1 Å². The van der Waals surface area contributed by atoms with Crippen molar-refractivity contribution in [3.63, 3.8) is 0 Å². The fourth-order valence-electron chi connectivity index (χ4n) is 1.12. The summed E-state index contributed by atoms with van der Waals surface area (Å²) >= 11 is 0. The van der Waals surface area contributed by atoms with Gasteiger partial charge in [-0.3, -0.25) is 0 Å². The van der Waals surface area contributed by atoms with Crippen molar-refractivity contribution in [1.29, 1.82) is 5.41 Å². The van der Waals surface area contributed by atoms with E-state index < -0.39 is 0 Å². The molecule has 0 aromatic rings. The maximum atomic E-state index is 6.29. The second-order valence-electron chi connectivity index (χ2n) is 3.41. The van der Waals surface area contributed by atoms with Crippen molar-refractivity contribution in [2.45, 2.75) is 13.3 Å². The molecule has 0 aromatic carbocycles. The number of hydrazine groups is 1. The van der Waals surface area contributed by atoms with Gasteiger partial charge < -0.3 is 4.74 Å². The molecule has 0 saturated carbocycles. The van der Waals surface area contributed by atoms with Crippen LogP contribution in [0, 0.1) is 5.41 Å². The van der Waals surface area contributed by atoms with Crippen molar-refractivity contribution in [1.82, 2.24) is 10.0 Å². The highest BCUT2D eigenvalue weighted by atomic mass is 16.5. The highest BCUT2D eigenvalue weighted by Gasteiger charge is 2.10. The summed E-state index contributed by atoms with van der Waals surface area (Å²) in [5.41, 5.74) is 0. The Morgan fingerprint density at radius 3 is 2.27 bits per heavy atom. The number of ether oxygens (including phenoxy) is 1. The van der Waals surface area contributed by atoms with Crippen LogP contribution in [0.2, 0.25) is 0 Å². The molecule has 1 fully saturated rings. The molecule has 1 saturated heterocycles. The molecule has 5 nitrogen and oxygen atoms in total. The molecular formula is C10H22N4O. The first-order chi connectivity index (χ1) is 7.22. The lowest BCUT2D eigenvalue weighted by Crippen LogP contribution is -2.44. The Kier molecular flexibility index (Phi) is 9.32. The Hall–Kier alpha value is -0.740. The molecule has 88 valence electrons. The number of hydrogen-bond acceptors (Lipinski definition) is 5. The third-order valence-electron chi connectivity index (χ3n) is 1.97. The van der Waals surface area contributed by atoms with Crippen molar-refractivity contribution in [3.8, 4) is 0 Å². The van der Waals surface area contributed by atoms with Crippen LogP contribution in [-0.4, -0.2) is 63.0 Å². The number of aliphatic imine (C=N–C) groups is 1. The topological polar surface area (TPSA) is 51.9 Å². The summed E-state index contributed by atoms with van der Waals surface area (Å²) in [7, 11) is 4.12.